The van der Waals surface area contributed by atoms with E-state index >= 15 is 0 Å². The van der Waals surface area contributed by atoms with Crippen LogP contribution >= 0.6 is 0 Å². The van der Waals surface area contributed by atoms with Crippen LogP contribution in [-0.2, 0) is 19.1 Å². The zero-order valence-corrected chi connectivity index (χ0v) is 19.5. The molecule has 0 spiro atoms. The molecule has 3 aromatic heterocycles. The molecule has 5 nitrogen and oxygen atoms in total. The minimum Gasteiger partial charge on any atom is -0.374 e. The second-order valence-corrected chi connectivity index (χ2v) is 8.69. The van der Waals surface area contributed by atoms with Crippen molar-refractivity contribution in [2.24, 2.45) is 7.05 Å². The van der Waals surface area contributed by atoms with Crippen molar-refractivity contribution in [2.45, 2.75) is 31.8 Å². The second kappa shape index (κ2) is 9.20. The summed E-state index contributed by atoms with van der Waals surface area (Å²) in [6.45, 7) is 2.21. The Morgan fingerprint density at radius 3 is 2.41 bits per heavy atom. The fourth-order valence-corrected chi connectivity index (χ4v) is 4.72. The third kappa shape index (κ3) is 3.78. The van der Waals surface area contributed by atoms with Gasteiger partial charge in [-0.15, -0.1) is 0 Å². The van der Waals surface area contributed by atoms with Crippen LogP contribution in [0.1, 0.15) is 42.1 Å². The highest BCUT2D eigenvalue weighted by molar-refractivity contribution is 5.89. The van der Waals surface area contributed by atoms with Gasteiger partial charge < -0.3 is 9.67 Å². The first-order chi connectivity index (χ1) is 16.6. The Labute approximate surface area is 199 Å². The number of benzene rings is 2. The third-order valence-electron chi connectivity index (χ3n) is 6.55. The summed E-state index contributed by atoms with van der Waals surface area (Å²) in [5, 5.41) is 13.4. The zero-order chi connectivity index (χ0) is 23.5. The molecule has 170 valence electrons. The molecular formula is C29H28N4O. The number of pyridine rings is 2. The van der Waals surface area contributed by atoms with Crippen molar-refractivity contribution in [1.82, 2.24) is 19.5 Å². The van der Waals surface area contributed by atoms with Gasteiger partial charge in [0.2, 0.25) is 0 Å². The lowest BCUT2D eigenvalue weighted by Gasteiger charge is -2.30. The molecular weight excluding hydrogens is 420 g/mol. The van der Waals surface area contributed by atoms with E-state index in [-0.39, 0.29) is 0 Å². The molecule has 0 aliphatic carbocycles. The van der Waals surface area contributed by atoms with Crippen LogP contribution in [-0.4, -0.2) is 24.6 Å². The van der Waals surface area contributed by atoms with Crippen LogP contribution in [0.15, 0.2) is 91.8 Å². The van der Waals surface area contributed by atoms with Crippen molar-refractivity contribution in [3.63, 3.8) is 0 Å². The van der Waals surface area contributed by atoms with Crippen molar-refractivity contribution in [3.05, 3.63) is 114 Å². The van der Waals surface area contributed by atoms with Crippen LogP contribution in [0.2, 0.25) is 0 Å². The number of rotatable bonds is 7. The van der Waals surface area contributed by atoms with E-state index in [0.29, 0.717) is 5.69 Å². The van der Waals surface area contributed by atoms with Crippen molar-refractivity contribution in [1.29, 1.82) is 0 Å². The topological polar surface area (TPSA) is 63.8 Å². The largest absolute Gasteiger partial charge is 0.374 e. The van der Waals surface area contributed by atoms with Gasteiger partial charge in [0.25, 0.3) is 0 Å². The fourth-order valence-electron chi connectivity index (χ4n) is 4.72. The molecule has 0 radical (unpaired) electrons. The van der Waals surface area contributed by atoms with Gasteiger partial charge in [0.05, 0.1) is 23.7 Å². The molecule has 34 heavy (non-hydrogen) atoms. The molecule has 0 fully saturated rings. The van der Waals surface area contributed by atoms with Gasteiger partial charge in [-0.25, -0.2) is 4.98 Å². The standard InChI is InChI=1S/C29H28N4O/c1-3-4-10-24-25-17-23(11-12-27(25)32-18-26(24)21-8-6-5-7-9-21)29(34,22-13-15-30-16-14-22)28-19-31-20-33(28)2/h5-9,11-20,34H,3-4,10H2,1-2H3. The maximum atomic E-state index is 12.3. The first-order valence-corrected chi connectivity index (χ1v) is 11.7. The predicted octanol–water partition coefficient (Wildman–Crippen LogP) is 5.66. The van der Waals surface area contributed by atoms with Gasteiger partial charge in [-0.1, -0.05) is 49.7 Å². The third-order valence-corrected chi connectivity index (χ3v) is 6.55. The number of hydrogen-bond acceptors (Lipinski definition) is 4. The highest BCUT2D eigenvalue weighted by atomic mass is 16.3. The smallest absolute Gasteiger partial charge is 0.157 e. The predicted molar refractivity (Wildman–Crippen MR) is 135 cm³/mol. The molecule has 0 saturated heterocycles. The summed E-state index contributed by atoms with van der Waals surface area (Å²) in [6, 6.07) is 20.2. The van der Waals surface area contributed by atoms with Crippen LogP contribution in [0.5, 0.6) is 0 Å². The summed E-state index contributed by atoms with van der Waals surface area (Å²) in [5.74, 6) is 0. The van der Waals surface area contributed by atoms with Crippen molar-refractivity contribution >= 4 is 10.9 Å². The van der Waals surface area contributed by atoms with E-state index in [1.54, 1.807) is 24.9 Å². The van der Waals surface area contributed by atoms with E-state index in [2.05, 4.69) is 47.2 Å². The Hall–Kier alpha value is -3.83. The molecule has 0 bridgehead atoms. The normalized spacial score (nSPS) is 13.1. The molecule has 5 rings (SSSR count). The van der Waals surface area contributed by atoms with E-state index in [0.717, 1.165) is 52.4 Å². The quantitative estimate of drug-likeness (QED) is 0.349. The number of aromatic nitrogens is 4. The Morgan fingerprint density at radius 1 is 0.912 bits per heavy atom. The van der Waals surface area contributed by atoms with Crippen molar-refractivity contribution < 1.29 is 5.11 Å². The molecule has 0 amide bonds. The lowest BCUT2D eigenvalue weighted by atomic mass is 9.82. The molecule has 5 heteroatoms. The van der Waals surface area contributed by atoms with Gasteiger partial charge in [-0.3, -0.25) is 9.97 Å². The lowest BCUT2D eigenvalue weighted by Crippen LogP contribution is -2.31. The molecule has 1 unspecified atom stereocenters. The monoisotopic (exact) mass is 448 g/mol. The molecule has 5 aromatic rings. The Kier molecular flexibility index (Phi) is 5.95. The average molecular weight is 449 g/mol. The van der Waals surface area contributed by atoms with Crippen LogP contribution < -0.4 is 0 Å². The highest BCUT2D eigenvalue weighted by Crippen LogP contribution is 2.39. The summed E-state index contributed by atoms with van der Waals surface area (Å²) in [7, 11) is 1.90. The van der Waals surface area contributed by atoms with Crippen molar-refractivity contribution in [3.8, 4) is 11.1 Å². The van der Waals surface area contributed by atoms with Crippen LogP contribution in [0.4, 0.5) is 0 Å². The van der Waals surface area contributed by atoms with Gasteiger partial charge in [-0.05, 0) is 59.4 Å². The van der Waals surface area contributed by atoms with E-state index in [1.807, 2.05) is 48.1 Å². The van der Waals surface area contributed by atoms with E-state index in [4.69, 9.17) is 4.98 Å². The van der Waals surface area contributed by atoms with E-state index < -0.39 is 5.60 Å². The maximum Gasteiger partial charge on any atom is 0.157 e. The highest BCUT2D eigenvalue weighted by Gasteiger charge is 2.36. The van der Waals surface area contributed by atoms with E-state index in [1.165, 1.54) is 5.56 Å². The van der Waals surface area contributed by atoms with E-state index in [9.17, 15) is 5.11 Å². The number of unbranched alkanes of at least 4 members (excludes halogenated alkanes) is 1. The first-order valence-electron chi connectivity index (χ1n) is 11.7. The summed E-state index contributed by atoms with van der Waals surface area (Å²) in [6.07, 6.45) is 12.0. The number of imidazole rings is 1. The van der Waals surface area contributed by atoms with Gasteiger partial charge in [-0.2, -0.15) is 0 Å². The van der Waals surface area contributed by atoms with Crippen LogP contribution in [0.25, 0.3) is 22.0 Å². The molecule has 0 aliphatic heterocycles. The summed E-state index contributed by atoms with van der Waals surface area (Å²) >= 11 is 0. The summed E-state index contributed by atoms with van der Waals surface area (Å²) < 4.78 is 1.86. The van der Waals surface area contributed by atoms with Crippen molar-refractivity contribution in [2.75, 3.05) is 0 Å². The number of fused-ring (bicyclic) bond motifs is 1. The fraction of sp³-hybridized carbons (Fsp3) is 0.207. The number of hydrogen-bond donors (Lipinski definition) is 1. The molecule has 1 N–H and O–H groups in total. The molecule has 1 atom stereocenters. The molecule has 0 aliphatic rings. The molecule has 2 aromatic carbocycles. The minimum atomic E-state index is -1.38. The second-order valence-electron chi connectivity index (χ2n) is 8.69. The molecule has 3 heterocycles. The maximum absolute atomic E-state index is 12.3. The minimum absolute atomic E-state index is 0.695. The summed E-state index contributed by atoms with van der Waals surface area (Å²) in [4.78, 5) is 13.2. The Balaban J connectivity index is 1.77. The van der Waals surface area contributed by atoms with Gasteiger partial charge in [0.15, 0.2) is 5.60 Å². The Morgan fingerprint density at radius 2 is 1.71 bits per heavy atom. The lowest BCUT2D eigenvalue weighted by molar-refractivity contribution is 0.117. The Bertz CT molecular complexity index is 1410. The van der Waals surface area contributed by atoms with Crippen LogP contribution in [0.3, 0.4) is 0 Å². The average Bonchev–Trinajstić information content (AvgIpc) is 3.33. The van der Waals surface area contributed by atoms with Gasteiger partial charge >= 0.3 is 0 Å². The number of aliphatic hydroxyl groups is 1. The van der Waals surface area contributed by atoms with Crippen LogP contribution in [0, 0.1) is 0 Å². The molecule has 0 saturated carbocycles. The zero-order valence-electron chi connectivity index (χ0n) is 19.5. The van der Waals surface area contributed by atoms with Gasteiger partial charge in [0, 0.05) is 36.6 Å². The van der Waals surface area contributed by atoms with Gasteiger partial charge in [0.1, 0.15) is 0 Å². The summed E-state index contributed by atoms with van der Waals surface area (Å²) in [5.41, 5.74) is 5.33. The number of aryl methyl sites for hydroxylation is 2. The SMILES string of the molecule is CCCCc1c(-c2ccccc2)cnc2ccc(C(O)(c3ccncc3)c3cncn3C)cc12. The first kappa shape index (κ1) is 22.0. The number of nitrogens with zero attached hydrogens (tertiary/aromatic N) is 4.